The molecule has 2 heteroatoms. The van der Waals surface area contributed by atoms with Crippen LogP contribution in [0.2, 0.25) is 6.04 Å². The van der Waals surface area contributed by atoms with Crippen molar-refractivity contribution >= 4 is 26.0 Å². The fourth-order valence-electron chi connectivity index (χ4n) is 1.79. The van der Waals surface area contributed by atoms with Gasteiger partial charge in [-0.15, -0.1) is 0 Å². The number of benzene rings is 1. The molecule has 0 N–H and O–H groups in total. The Bertz CT molecular complexity index is 320. The van der Waals surface area contributed by atoms with E-state index in [0.29, 0.717) is 14.7 Å². The molecule has 0 spiro atoms. The van der Waals surface area contributed by atoms with Gasteiger partial charge in [0.2, 0.25) is 0 Å². The van der Waals surface area contributed by atoms with Crippen LogP contribution in [0.5, 0.6) is 0 Å². The van der Waals surface area contributed by atoms with Crippen LogP contribution in [0, 0.1) is 0 Å². The van der Waals surface area contributed by atoms with E-state index in [1.54, 1.807) is 0 Å². The highest BCUT2D eigenvalue weighted by atomic mass is 35.6. The quantitative estimate of drug-likeness (QED) is 0.525. The Hall–Kier alpha value is -0.533. The lowest BCUT2D eigenvalue weighted by Crippen LogP contribution is -1.93. The third-order valence-electron chi connectivity index (χ3n) is 2.45. The number of hydrogen-bond acceptors (Lipinski definition) is 0. The predicted molar refractivity (Wildman–Crippen MR) is 59.2 cm³/mol. The minimum absolute atomic E-state index is 0.560. The van der Waals surface area contributed by atoms with Crippen LogP contribution >= 0.6 is 11.1 Å². The van der Waals surface area contributed by atoms with Crippen LogP contribution < -0.4 is 0 Å². The van der Waals surface area contributed by atoms with Crippen molar-refractivity contribution in [2.45, 2.75) is 18.4 Å². The van der Waals surface area contributed by atoms with Gasteiger partial charge in [-0.05, 0) is 23.6 Å². The largest absolute Gasteiger partial charge is 0.171 e. The van der Waals surface area contributed by atoms with Crippen molar-refractivity contribution in [1.82, 2.24) is 0 Å². The van der Waals surface area contributed by atoms with Crippen LogP contribution in [-0.2, 0) is 0 Å². The summed E-state index contributed by atoms with van der Waals surface area (Å²) in [5, 5.41) is 0. The fourth-order valence-corrected chi connectivity index (χ4v) is 2.53. The average molecular weight is 207 g/mol. The second-order valence-electron chi connectivity index (χ2n) is 3.27. The van der Waals surface area contributed by atoms with Gasteiger partial charge in [0.15, 0.2) is 8.83 Å². The zero-order chi connectivity index (χ0) is 9.10. The van der Waals surface area contributed by atoms with Gasteiger partial charge in [-0.1, -0.05) is 36.4 Å². The standard InChI is InChI=1S/C11H11ClSi/c12-13-8-7-10-6-5-9-3-1-2-4-11(9)10/h1-6,10H,7-8H2. The first-order valence-electron chi connectivity index (χ1n) is 4.52. The molecule has 0 saturated carbocycles. The molecule has 0 fully saturated rings. The lowest BCUT2D eigenvalue weighted by atomic mass is 9.99. The molecule has 1 aromatic carbocycles. The van der Waals surface area contributed by atoms with Gasteiger partial charge in [0.25, 0.3) is 0 Å². The van der Waals surface area contributed by atoms with Crippen molar-refractivity contribution in [2.24, 2.45) is 0 Å². The molecule has 0 nitrogen and oxygen atoms in total. The van der Waals surface area contributed by atoms with Crippen molar-refractivity contribution < 1.29 is 0 Å². The highest BCUT2D eigenvalue weighted by Crippen LogP contribution is 2.32. The highest BCUT2D eigenvalue weighted by Gasteiger charge is 2.15. The smallest absolute Gasteiger partial charge is 0.171 e. The van der Waals surface area contributed by atoms with Crippen molar-refractivity contribution in [3.63, 3.8) is 0 Å². The number of halogens is 1. The molecular formula is C11H11ClSi. The second-order valence-corrected chi connectivity index (χ2v) is 4.84. The van der Waals surface area contributed by atoms with Gasteiger partial charge in [0.1, 0.15) is 0 Å². The molecule has 1 unspecified atom stereocenters. The van der Waals surface area contributed by atoms with E-state index >= 15 is 0 Å². The number of rotatable bonds is 3. The molecule has 0 aliphatic heterocycles. The Morgan fingerprint density at radius 1 is 1.31 bits per heavy atom. The van der Waals surface area contributed by atoms with E-state index in [-0.39, 0.29) is 0 Å². The van der Waals surface area contributed by atoms with Crippen LogP contribution in [0.3, 0.4) is 0 Å². The molecule has 2 rings (SSSR count). The third kappa shape index (κ3) is 1.87. The van der Waals surface area contributed by atoms with Gasteiger partial charge in [0, 0.05) is 5.92 Å². The van der Waals surface area contributed by atoms with E-state index in [1.807, 2.05) is 0 Å². The van der Waals surface area contributed by atoms with E-state index < -0.39 is 0 Å². The molecule has 13 heavy (non-hydrogen) atoms. The van der Waals surface area contributed by atoms with Crippen LogP contribution in [0.4, 0.5) is 0 Å². The second kappa shape index (κ2) is 4.12. The summed E-state index contributed by atoms with van der Waals surface area (Å²) in [6, 6.07) is 9.73. The van der Waals surface area contributed by atoms with Crippen LogP contribution in [-0.4, -0.2) is 8.83 Å². The Kier molecular flexibility index (Phi) is 2.86. The Balaban J connectivity index is 2.14. The van der Waals surface area contributed by atoms with Gasteiger partial charge in [-0.2, -0.15) is 11.1 Å². The molecular weight excluding hydrogens is 196 g/mol. The number of allylic oxidation sites excluding steroid dienone is 1. The SMILES string of the molecule is Cl[Si]CCC1C=Cc2ccccc21. The summed E-state index contributed by atoms with van der Waals surface area (Å²) >= 11 is 5.71. The molecule has 0 aromatic heterocycles. The number of fused-ring (bicyclic) bond motifs is 1. The van der Waals surface area contributed by atoms with Gasteiger partial charge >= 0.3 is 0 Å². The van der Waals surface area contributed by atoms with Crippen molar-refractivity contribution in [3.8, 4) is 0 Å². The minimum Gasteiger partial charge on any atom is -0.171 e. The van der Waals surface area contributed by atoms with Crippen LogP contribution in [0.15, 0.2) is 30.3 Å². The molecule has 1 aliphatic carbocycles. The Morgan fingerprint density at radius 3 is 3.00 bits per heavy atom. The van der Waals surface area contributed by atoms with Crippen molar-refractivity contribution in [2.75, 3.05) is 0 Å². The molecule has 2 radical (unpaired) electrons. The molecule has 1 atom stereocenters. The Morgan fingerprint density at radius 2 is 2.15 bits per heavy atom. The van der Waals surface area contributed by atoms with Crippen molar-refractivity contribution in [1.29, 1.82) is 0 Å². The Labute approximate surface area is 86.1 Å². The zero-order valence-electron chi connectivity index (χ0n) is 7.33. The van der Waals surface area contributed by atoms with Gasteiger partial charge < -0.3 is 0 Å². The summed E-state index contributed by atoms with van der Waals surface area (Å²) in [5.41, 5.74) is 2.85. The molecule has 0 bridgehead atoms. The minimum atomic E-state index is 0.560. The maximum absolute atomic E-state index is 5.71. The fraction of sp³-hybridized carbons (Fsp3) is 0.273. The number of hydrogen-bond donors (Lipinski definition) is 0. The van der Waals surface area contributed by atoms with Gasteiger partial charge in [-0.25, -0.2) is 0 Å². The van der Waals surface area contributed by atoms with Gasteiger partial charge in [-0.3, -0.25) is 0 Å². The maximum atomic E-state index is 5.71. The van der Waals surface area contributed by atoms with E-state index in [2.05, 4.69) is 36.4 Å². The van der Waals surface area contributed by atoms with E-state index in [4.69, 9.17) is 11.1 Å². The lowest BCUT2D eigenvalue weighted by molar-refractivity contribution is 0.816. The molecule has 0 heterocycles. The van der Waals surface area contributed by atoms with E-state index in [1.165, 1.54) is 17.5 Å². The lowest BCUT2D eigenvalue weighted by Gasteiger charge is -2.08. The van der Waals surface area contributed by atoms with Crippen LogP contribution in [0.1, 0.15) is 23.5 Å². The molecule has 0 amide bonds. The summed E-state index contributed by atoms with van der Waals surface area (Å²) in [7, 11) is 0.560. The summed E-state index contributed by atoms with van der Waals surface area (Å²) in [4.78, 5) is 0. The average Bonchev–Trinajstić information content (AvgIpc) is 2.58. The van der Waals surface area contributed by atoms with Crippen LogP contribution in [0.25, 0.3) is 6.08 Å². The molecule has 1 aromatic rings. The summed E-state index contributed by atoms with van der Waals surface area (Å²) < 4.78 is 0. The first-order valence-corrected chi connectivity index (χ1v) is 6.74. The third-order valence-corrected chi connectivity index (χ3v) is 3.50. The van der Waals surface area contributed by atoms with E-state index in [0.717, 1.165) is 6.04 Å². The van der Waals surface area contributed by atoms with Crippen molar-refractivity contribution in [3.05, 3.63) is 41.5 Å². The summed E-state index contributed by atoms with van der Waals surface area (Å²) in [6.45, 7) is 0. The predicted octanol–water partition coefficient (Wildman–Crippen LogP) is 3.46. The van der Waals surface area contributed by atoms with Gasteiger partial charge in [0.05, 0.1) is 0 Å². The summed E-state index contributed by atoms with van der Waals surface area (Å²) in [5.74, 6) is 0.613. The monoisotopic (exact) mass is 206 g/mol. The molecule has 1 aliphatic rings. The highest BCUT2D eigenvalue weighted by molar-refractivity contribution is 6.93. The first kappa shape index (κ1) is 9.04. The maximum Gasteiger partial charge on any atom is 0.171 e. The summed E-state index contributed by atoms with van der Waals surface area (Å²) in [6.07, 6.45) is 5.70. The zero-order valence-corrected chi connectivity index (χ0v) is 9.09. The molecule has 0 saturated heterocycles. The molecule has 66 valence electrons. The first-order chi connectivity index (χ1) is 6.42. The van der Waals surface area contributed by atoms with E-state index in [9.17, 15) is 0 Å². The topological polar surface area (TPSA) is 0 Å². The normalized spacial score (nSPS) is 19.0.